The molecule has 1 heterocycles. The van der Waals surface area contributed by atoms with E-state index in [4.69, 9.17) is 9.68 Å². The molecule has 0 aliphatic heterocycles. The molecule has 118 valence electrons. The van der Waals surface area contributed by atoms with Gasteiger partial charge in [-0.05, 0) is 45.9 Å². The summed E-state index contributed by atoms with van der Waals surface area (Å²) in [7, 11) is 0. The molecule has 7 nitrogen and oxygen atoms in total. The van der Waals surface area contributed by atoms with Gasteiger partial charge in [0.25, 0.3) is 10.9 Å². The van der Waals surface area contributed by atoms with Crippen molar-refractivity contribution >= 4 is 33.4 Å². The first kappa shape index (κ1) is 16.2. The summed E-state index contributed by atoms with van der Waals surface area (Å²) >= 11 is 4.49. The van der Waals surface area contributed by atoms with Gasteiger partial charge in [-0.1, -0.05) is 12.1 Å². The predicted octanol–water partition coefficient (Wildman–Crippen LogP) is 4.43. The monoisotopic (exact) mass is 402 g/mol. The summed E-state index contributed by atoms with van der Waals surface area (Å²) in [6.07, 6.45) is 0. The van der Waals surface area contributed by atoms with Gasteiger partial charge in [0.2, 0.25) is 5.89 Å². The smallest absolute Gasteiger partial charge is 0.281 e. The summed E-state index contributed by atoms with van der Waals surface area (Å²) in [6.45, 7) is 0. The first-order valence-electron chi connectivity index (χ1n) is 6.53. The van der Waals surface area contributed by atoms with Crippen LogP contribution in [0.3, 0.4) is 0 Å². The fourth-order valence-corrected chi connectivity index (χ4v) is 3.09. The van der Waals surface area contributed by atoms with Gasteiger partial charge in [-0.2, -0.15) is 5.26 Å². The van der Waals surface area contributed by atoms with Gasteiger partial charge in [0.1, 0.15) is 6.07 Å². The second-order valence-corrected chi connectivity index (χ2v) is 6.35. The molecular weight excluding hydrogens is 396 g/mol. The van der Waals surface area contributed by atoms with Crippen molar-refractivity contribution in [2.75, 3.05) is 0 Å². The van der Waals surface area contributed by atoms with Crippen LogP contribution in [0, 0.1) is 21.4 Å². The summed E-state index contributed by atoms with van der Waals surface area (Å²) < 4.78 is 6.42. The first-order chi connectivity index (χ1) is 11.6. The molecule has 0 aliphatic rings. The van der Waals surface area contributed by atoms with Gasteiger partial charge in [0.05, 0.1) is 16.1 Å². The van der Waals surface area contributed by atoms with Gasteiger partial charge >= 0.3 is 0 Å². The zero-order valence-electron chi connectivity index (χ0n) is 11.8. The summed E-state index contributed by atoms with van der Waals surface area (Å²) in [5, 5.41) is 28.1. The van der Waals surface area contributed by atoms with Crippen molar-refractivity contribution < 1.29 is 9.34 Å². The van der Waals surface area contributed by atoms with Crippen molar-refractivity contribution in [2.45, 2.75) is 10.1 Å². The maximum atomic E-state index is 10.8. The van der Waals surface area contributed by atoms with Gasteiger partial charge < -0.3 is 4.42 Å². The van der Waals surface area contributed by atoms with Crippen LogP contribution in [0.25, 0.3) is 11.5 Å². The minimum Gasteiger partial charge on any atom is -0.411 e. The van der Waals surface area contributed by atoms with Crippen LogP contribution in [0.4, 0.5) is 5.69 Å². The highest BCUT2D eigenvalue weighted by molar-refractivity contribution is 9.10. The third kappa shape index (κ3) is 3.29. The van der Waals surface area contributed by atoms with Gasteiger partial charge in [-0.25, -0.2) is 0 Å². The van der Waals surface area contributed by atoms with Crippen LogP contribution in [0.5, 0.6) is 0 Å². The molecule has 0 N–H and O–H groups in total. The zero-order chi connectivity index (χ0) is 17.1. The Hall–Kier alpha value is -2.70. The number of nitrogens with zero attached hydrogens (tertiary/aromatic N) is 4. The maximum absolute atomic E-state index is 10.8. The Labute approximate surface area is 148 Å². The third-order valence-electron chi connectivity index (χ3n) is 3.00. The van der Waals surface area contributed by atoms with Crippen LogP contribution < -0.4 is 0 Å². The number of nitro groups is 1. The molecule has 24 heavy (non-hydrogen) atoms. The van der Waals surface area contributed by atoms with E-state index in [9.17, 15) is 10.1 Å². The van der Waals surface area contributed by atoms with Gasteiger partial charge in [0, 0.05) is 21.5 Å². The van der Waals surface area contributed by atoms with Gasteiger partial charge in [-0.15, -0.1) is 10.2 Å². The highest BCUT2D eigenvalue weighted by Gasteiger charge is 2.16. The average Bonchev–Trinajstić information content (AvgIpc) is 3.03. The minimum absolute atomic E-state index is 0.143. The van der Waals surface area contributed by atoms with Crippen molar-refractivity contribution in [2.24, 2.45) is 0 Å². The van der Waals surface area contributed by atoms with Gasteiger partial charge in [0.15, 0.2) is 0 Å². The molecule has 0 aliphatic carbocycles. The van der Waals surface area contributed by atoms with E-state index in [1.54, 1.807) is 0 Å². The largest absolute Gasteiger partial charge is 0.411 e. The molecule has 9 heteroatoms. The quantitative estimate of drug-likeness (QED) is 0.469. The molecule has 3 aromatic rings. The molecule has 0 radical (unpaired) electrons. The van der Waals surface area contributed by atoms with Crippen molar-refractivity contribution in [3.63, 3.8) is 0 Å². The van der Waals surface area contributed by atoms with Gasteiger partial charge in [-0.3, -0.25) is 10.1 Å². The molecule has 0 fully saturated rings. The summed E-state index contributed by atoms with van der Waals surface area (Å²) in [6, 6.07) is 13.4. The summed E-state index contributed by atoms with van der Waals surface area (Å²) in [4.78, 5) is 10.7. The van der Waals surface area contributed by atoms with Crippen LogP contribution in [-0.2, 0) is 0 Å². The van der Waals surface area contributed by atoms with E-state index in [1.165, 1.54) is 18.2 Å². The Bertz CT molecular complexity index is 967. The lowest BCUT2D eigenvalue weighted by Crippen LogP contribution is -1.90. The molecule has 0 saturated heterocycles. The predicted molar refractivity (Wildman–Crippen MR) is 89.4 cm³/mol. The number of aromatic nitrogens is 2. The van der Waals surface area contributed by atoms with Crippen LogP contribution in [0.15, 0.2) is 61.5 Å². The Morgan fingerprint density at radius 3 is 2.75 bits per heavy atom. The van der Waals surface area contributed by atoms with E-state index in [2.05, 4.69) is 26.1 Å². The Morgan fingerprint density at radius 2 is 2.04 bits per heavy atom. The SMILES string of the molecule is N#Cc1cc([N+](=O)[O-])ccc1Sc1nnc(-c2ccccc2Br)o1. The number of nitriles is 1. The van der Waals surface area contributed by atoms with Crippen LogP contribution in [0.1, 0.15) is 5.56 Å². The molecule has 0 unspecified atom stereocenters. The zero-order valence-corrected chi connectivity index (χ0v) is 14.2. The fraction of sp³-hybridized carbons (Fsp3) is 0. The number of nitro benzene ring substituents is 1. The van der Waals surface area contributed by atoms with Crippen molar-refractivity contribution in [3.8, 4) is 17.5 Å². The van der Waals surface area contributed by atoms with E-state index in [1.807, 2.05) is 30.3 Å². The number of halogens is 1. The molecule has 1 aromatic heterocycles. The number of hydrogen-bond donors (Lipinski definition) is 0. The Morgan fingerprint density at radius 1 is 1.25 bits per heavy atom. The second kappa shape index (κ2) is 6.82. The number of hydrogen-bond acceptors (Lipinski definition) is 7. The number of rotatable bonds is 4. The Kier molecular flexibility index (Phi) is 4.59. The summed E-state index contributed by atoms with van der Waals surface area (Å²) in [5.41, 5.74) is 0.784. The average molecular weight is 403 g/mol. The van der Waals surface area contributed by atoms with Crippen molar-refractivity contribution in [3.05, 3.63) is 62.6 Å². The molecular formula is C15H7BrN4O3S. The topological polar surface area (TPSA) is 106 Å². The van der Waals surface area contributed by atoms with E-state index in [-0.39, 0.29) is 16.5 Å². The lowest BCUT2D eigenvalue weighted by atomic mass is 10.2. The molecule has 2 aromatic carbocycles. The van der Waals surface area contributed by atoms with E-state index in [0.717, 1.165) is 21.8 Å². The number of benzene rings is 2. The standard InChI is InChI=1S/C15H7BrN4O3S/c16-12-4-2-1-3-11(12)14-18-19-15(23-14)24-13-6-5-10(20(21)22)7-9(13)8-17/h1-7H. The highest BCUT2D eigenvalue weighted by atomic mass is 79.9. The van der Waals surface area contributed by atoms with Crippen LogP contribution in [-0.4, -0.2) is 15.1 Å². The molecule has 0 amide bonds. The van der Waals surface area contributed by atoms with Crippen LogP contribution >= 0.6 is 27.7 Å². The summed E-state index contributed by atoms with van der Waals surface area (Å²) in [5.74, 6) is 0.338. The fourth-order valence-electron chi connectivity index (χ4n) is 1.90. The van der Waals surface area contributed by atoms with E-state index >= 15 is 0 Å². The minimum atomic E-state index is -0.549. The lowest BCUT2D eigenvalue weighted by molar-refractivity contribution is -0.384. The Balaban J connectivity index is 1.89. The molecule has 0 spiro atoms. The highest BCUT2D eigenvalue weighted by Crippen LogP contribution is 2.34. The van der Waals surface area contributed by atoms with E-state index in [0.29, 0.717) is 10.8 Å². The maximum Gasteiger partial charge on any atom is 0.281 e. The number of non-ortho nitro benzene ring substituents is 1. The van der Waals surface area contributed by atoms with E-state index < -0.39 is 4.92 Å². The third-order valence-corrected chi connectivity index (χ3v) is 4.61. The molecule has 0 atom stereocenters. The molecule has 0 saturated carbocycles. The van der Waals surface area contributed by atoms with Crippen LogP contribution in [0.2, 0.25) is 0 Å². The normalized spacial score (nSPS) is 10.3. The first-order valence-corrected chi connectivity index (χ1v) is 8.14. The van der Waals surface area contributed by atoms with Crippen molar-refractivity contribution in [1.29, 1.82) is 5.26 Å². The molecule has 0 bridgehead atoms. The lowest BCUT2D eigenvalue weighted by Gasteiger charge is -2.00. The van der Waals surface area contributed by atoms with Crippen molar-refractivity contribution in [1.82, 2.24) is 10.2 Å². The molecule has 3 rings (SSSR count). The second-order valence-electron chi connectivity index (χ2n) is 4.50.